The number of amides is 1. The van der Waals surface area contributed by atoms with Crippen molar-refractivity contribution in [2.24, 2.45) is 5.73 Å². The van der Waals surface area contributed by atoms with Crippen LogP contribution in [-0.4, -0.2) is 65.6 Å². The van der Waals surface area contributed by atoms with Gasteiger partial charge in [-0.25, -0.2) is 0 Å². The number of primary amides is 1. The van der Waals surface area contributed by atoms with Crippen molar-refractivity contribution in [2.75, 3.05) is 20.1 Å². The summed E-state index contributed by atoms with van der Waals surface area (Å²) in [5, 5.41) is 3.35. The Morgan fingerprint density at radius 2 is 1.76 bits per heavy atom. The van der Waals surface area contributed by atoms with Crippen LogP contribution in [-0.2, 0) is 4.79 Å². The molecular weight excluding hydrogens is 264 g/mol. The maximum absolute atomic E-state index is 11.9. The highest BCUT2D eigenvalue weighted by atomic mass is 16.1. The van der Waals surface area contributed by atoms with Gasteiger partial charge in [-0.2, -0.15) is 0 Å². The maximum Gasteiger partial charge on any atom is 0.237 e. The fourth-order valence-electron chi connectivity index (χ4n) is 3.39. The summed E-state index contributed by atoms with van der Waals surface area (Å²) in [6.07, 6.45) is 0.740. The summed E-state index contributed by atoms with van der Waals surface area (Å²) in [4.78, 5) is 16.8. The first-order valence-corrected chi connectivity index (χ1v) is 8.10. The lowest BCUT2D eigenvalue weighted by Crippen LogP contribution is -2.61. The van der Waals surface area contributed by atoms with Gasteiger partial charge in [-0.15, -0.1) is 0 Å². The second kappa shape index (κ2) is 7.07. The van der Waals surface area contributed by atoms with E-state index in [9.17, 15) is 4.79 Å². The van der Waals surface area contributed by atoms with E-state index in [1.807, 2.05) is 20.8 Å². The zero-order chi connectivity index (χ0) is 16.4. The molecule has 4 unspecified atom stereocenters. The Labute approximate surface area is 130 Å². The van der Waals surface area contributed by atoms with Crippen LogP contribution in [0.5, 0.6) is 0 Å². The van der Waals surface area contributed by atoms with E-state index in [0.717, 1.165) is 19.5 Å². The molecule has 0 aromatic heterocycles. The average Bonchev–Trinajstić information content (AvgIpc) is 2.33. The number of nitrogens with one attached hydrogen (secondary N) is 1. The molecule has 1 rings (SSSR count). The van der Waals surface area contributed by atoms with Crippen molar-refractivity contribution in [1.29, 1.82) is 0 Å². The molecule has 0 aliphatic carbocycles. The molecule has 0 saturated carbocycles. The van der Waals surface area contributed by atoms with E-state index in [2.05, 4.69) is 42.9 Å². The number of likely N-dealkylation sites (N-methyl/N-ethyl adjacent to an activating group) is 1. The molecule has 1 aliphatic heterocycles. The standard InChI is InChI=1S/C16H34N4O/c1-11(2)18-16(6,15(17)21)8-12(3)20-9-13(4)19(7)14(5)10-20/h11-14,18H,8-10H2,1-7H3,(H2,17,21). The minimum atomic E-state index is -0.649. The molecular formula is C16H34N4O. The molecule has 1 aliphatic rings. The number of rotatable bonds is 6. The van der Waals surface area contributed by atoms with Gasteiger partial charge >= 0.3 is 0 Å². The molecule has 124 valence electrons. The molecule has 21 heavy (non-hydrogen) atoms. The number of carbonyl (C=O) groups is 1. The fourth-order valence-corrected chi connectivity index (χ4v) is 3.39. The monoisotopic (exact) mass is 298 g/mol. The van der Waals surface area contributed by atoms with E-state index in [-0.39, 0.29) is 11.9 Å². The Kier molecular flexibility index (Phi) is 6.20. The van der Waals surface area contributed by atoms with Crippen LogP contribution in [0.1, 0.15) is 48.0 Å². The van der Waals surface area contributed by atoms with E-state index in [4.69, 9.17) is 5.73 Å². The summed E-state index contributed by atoms with van der Waals surface area (Å²) < 4.78 is 0. The molecule has 5 heteroatoms. The minimum Gasteiger partial charge on any atom is -0.368 e. The molecule has 1 saturated heterocycles. The predicted octanol–water partition coefficient (Wildman–Crippen LogP) is 1.03. The third kappa shape index (κ3) is 4.66. The Bertz CT molecular complexity index is 348. The number of nitrogens with two attached hydrogens (primary N) is 1. The molecule has 0 spiro atoms. The normalized spacial score (nSPS) is 29.3. The van der Waals surface area contributed by atoms with Crippen molar-refractivity contribution >= 4 is 5.91 Å². The Balaban J connectivity index is 2.74. The van der Waals surface area contributed by atoms with Crippen molar-refractivity contribution in [3.05, 3.63) is 0 Å². The summed E-state index contributed by atoms with van der Waals surface area (Å²) >= 11 is 0. The van der Waals surface area contributed by atoms with Crippen LogP contribution < -0.4 is 11.1 Å². The smallest absolute Gasteiger partial charge is 0.237 e. The van der Waals surface area contributed by atoms with Crippen LogP contribution in [0.3, 0.4) is 0 Å². The molecule has 1 fully saturated rings. The molecule has 0 aromatic rings. The van der Waals surface area contributed by atoms with E-state index in [1.54, 1.807) is 0 Å². The van der Waals surface area contributed by atoms with Crippen LogP contribution in [0.2, 0.25) is 0 Å². The van der Waals surface area contributed by atoms with Crippen molar-refractivity contribution in [3.63, 3.8) is 0 Å². The van der Waals surface area contributed by atoms with Gasteiger partial charge in [0.05, 0.1) is 5.54 Å². The van der Waals surface area contributed by atoms with Crippen molar-refractivity contribution in [3.8, 4) is 0 Å². The van der Waals surface area contributed by atoms with E-state index in [0.29, 0.717) is 18.1 Å². The highest BCUT2D eigenvalue weighted by Crippen LogP contribution is 2.22. The summed E-state index contributed by atoms with van der Waals surface area (Å²) in [6.45, 7) is 14.8. The second-order valence-corrected chi connectivity index (χ2v) is 7.37. The number of hydrogen-bond acceptors (Lipinski definition) is 4. The number of carbonyl (C=O) groups excluding carboxylic acids is 1. The Morgan fingerprint density at radius 3 is 2.14 bits per heavy atom. The lowest BCUT2D eigenvalue weighted by molar-refractivity contribution is -0.125. The second-order valence-electron chi connectivity index (χ2n) is 7.37. The third-order valence-corrected chi connectivity index (χ3v) is 4.87. The van der Waals surface area contributed by atoms with Gasteiger partial charge in [0.2, 0.25) is 5.91 Å². The van der Waals surface area contributed by atoms with Gasteiger partial charge in [-0.1, -0.05) is 0 Å². The van der Waals surface area contributed by atoms with Gasteiger partial charge in [0.15, 0.2) is 0 Å². The first-order valence-electron chi connectivity index (χ1n) is 8.10. The van der Waals surface area contributed by atoms with Gasteiger partial charge in [0, 0.05) is 37.3 Å². The number of piperazine rings is 1. The Hall–Kier alpha value is -0.650. The van der Waals surface area contributed by atoms with E-state index < -0.39 is 5.54 Å². The van der Waals surface area contributed by atoms with Crippen LogP contribution in [0.25, 0.3) is 0 Å². The first kappa shape index (κ1) is 18.4. The van der Waals surface area contributed by atoms with Crippen LogP contribution in [0, 0.1) is 0 Å². The molecule has 0 radical (unpaired) electrons. The van der Waals surface area contributed by atoms with E-state index >= 15 is 0 Å². The van der Waals surface area contributed by atoms with Crippen molar-refractivity contribution < 1.29 is 4.79 Å². The minimum absolute atomic E-state index is 0.236. The fraction of sp³-hybridized carbons (Fsp3) is 0.938. The average molecular weight is 298 g/mol. The zero-order valence-corrected chi connectivity index (χ0v) is 14.8. The zero-order valence-electron chi connectivity index (χ0n) is 14.8. The maximum atomic E-state index is 11.9. The van der Waals surface area contributed by atoms with Gasteiger partial charge in [-0.05, 0) is 55.0 Å². The molecule has 5 nitrogen and oxygen atoms in total. The van der Waals surface area contributed by atoms with Gasteiger partial charge in [0.1, 0.15) is 0 Å². The summed E-state index contributed by atoms with van der Waals surface area (Å²) in [6, 6.07) is 1.63. The first-order chi connectivity index (χ1) is 9.56. The molecule has 1 heterocycles. The molecule has 3 N–H and O–H groups in total. The van der Waals surface area contributed by atoms with Crippen LogP contribution in [0.15, 0.2) is 0 Å². The molecule has 1 amide bonds. The largest absolute Gasteiger partial charge is 0.368 e. The molecule has 0 bridgehead atoms. The Morgan fingerprint density at radius 1 is 1.29 bits per heavy atom. The van der Waals surface area contributed by atoms with Crippen LogP contribution >= 0.6 is 0 Å². The summed E-state index contributed by atoms with van der Waals surface area (Å²) in [5.74, 6) is -0.265. The highest BCUT2D eigenvalue weighted by molar-refractivity contribution is 5.84. The summed E-state index contributed by atoms with van der Waals surface area (Å²) in [7, 11) is 2.19. The molecule has 4 atom stereocenters. The quantitative estimate of drug-likeness (QED) is 0.769. The lowest BCUT2D eigenvalue weighted by atomic mass is 9.90. The van der Waals surface area contributed by atoms with Crippen LogP contribution in [0.4, 0.5) is 0 Å². The van der Waals surface area contributed by atoms with E-state index in [1.165, 1.54) is 0 Å². The number of nitrogens with zero attached hydrogens (tertiary/aromatic N) is 2. The third-order valence-electron chi connectivity index (χ3n) is 4.87. The summed E-state index contributed by atoms with van der Waals surface area (Å²) in [5.41, 5.74) is 5.00. The van der Waals surface area contributed by atoms with Gasteiger partial charge < -0.3 is 11.1 Å². The topological polar surface area (TPSA) is 61.6 Å². The highest BCUT2D eigenvalue weighted by Gasteiger charge is 2.37. The predicted molar refractivity (Wildman–Crippen MR) is 88.2 cm³/mol. The van der Waals surface area contributed by atoms with Crippen molar-refractivity contribution in [1.82, 2.24) is 15.1 Å². The van der Waals surface area contributed by atoms with Crippen molar-refractivity contribution in [2.45, 2.75) is 77.7 Å². The van der Waals surface area contributed by atoms with Gasteiger partial charge in [0.25, 0.3) is 0 Å². The molecule has 0 aromatic carbocycles. The number of hydrogen-bond donors (Lipinski definition) is 2. The lowest BCUT2D eigenvalue weighted by Gasteiger charge is -2.46. The SMILES string of the molecule is CC(C)NC(C)(CC(C)N1CC(C)N(C)C(C)C1)C(N)=O. The van der Waals surface area contributed by atoms with Gasteiger partial charge in [-0.3, -0.25) is 14.6 Å².